The number of halogens is 2. The topological polar surface area (TPSA) is 28.2 Å². The quantitative estimate of drug-likeness (QED) is 0.935. The molecule has 1 saturated heterocycles. The van der Waals surface area contributed by atoms with Gasteiger partial charge in [0, 0.05) is 44.6 Å². The molecule has 0 spiro atoms. The molecule has 1 atom stereocenters. The lowest BCUT2D eigenvalue weighted by atomic mass is 10.0. The second kappa shape index (κ2) is 7.38. The third-order valence-electron chi connectivity index (χ3n) is 3.49. The summed E-state index contributed by atoms with van der Waals surface area (Å²) < 4.78 is 0.906. The van der Waals surface area contributed by atoms with Gasteiger partial charge in [0.15, 0.2) is 0 Å². The predicted molar refractivity (Wildman–Crippen MR) is 86.8 cm³/mol. The summed E-state index contributed by atoms with van der Waals surface area (Å²) in [7, 11) is 0. The van der Waals surface area contributed by atoms with Crippen LogP contribution in [-0.2, 0) is 6.54 Å². The van der Waals surface area contributed by atoms with Crippen molar-refractivity contribution in [2.75, 3.05) is 19.6 Å². The predicted octanol–water partition coefficient (Wildman–Crippen LogP) is 3.36. The van der Waals surface area contributed by atoms with Crippen LogP contribution in [0.4, 0.5) is 0 Å². The Morgan fingerprint density at radius 1 is 1.45 bits per heavy atom. The Morgan fingerprint density at radius 2 is 2.35 bits per heavy atom. The van der Waals surface area contributed by atoms with Gasteiger partial charge in [0.25, 0.3) is 0 Å². The number of nitrogens with zero attached hydrogens (tertiary/aromatic N) is 2. The molecule has 2 aromatic heterocycles. The van der Waals surface area contributed by atoms with E-state index in [-0.39, 0.29) is 12.4 Å². The summed E-state index contributed by atoms with van der Waals surface area (Å²) in [6.07, 6.45) is 3.78. The molecule has 0 amide bonds. The first-order valence-electron chi connectivity index (χ1n) is 6.41. The SMILES string of the molecule is Cl.Clc1sccc1CN1CCNCC1c1cccnc1. The first-order chi connectivity index (χ1) is 9.34. The second-order valence-corrected chi connectivity index (χ2v) is 6.21. The van der Waals surface area contributed by atoms with Crippen LogP contribution in [0.1, 0.15) is 17.2 Å². The number of nitrogens with one attached hydrogen (secondary N) is 1. The van der Waals surface area contributed by atoms with Crippen LogP contribution in [0.3, 0.4) is 0 Å². The number of thiophene rings is 1. The van der Waals surface area contributed by atoms with Crippen molar-refractivity contribution in [1.82, 2.24) is 15.2 Å². The van der Waals surface area contributed by atoms with E-state index in [1.807, 2.05) is 18.5 Å². The zero-order valence-corrected chi connectivity index (χ0v) is 13.3. The molecule has 6 heteroatoms. The maximum absolute atomic E-state index is 6.22. The van der Waals surface area contributed by atoms with Gasteiger partial charge in [-0.25, -0.2) is 0 Å². The van der Waals surface area contributed by atoms with Crippen molar-refractivity contribution < 1.29 is 0 Å². The van der Waals surface area contributed by atoms with Gasteiger partial charge in [-0.05, 0) is 28.6 Å². The lowest BCUT2D eigenvalue weighted by Gasteiger charge is -2.36. The summed E-state index contributed by atoms with van der Waals surface area (Å²) in [6, 6.07) is 6.64. The second-order valence-electron chi connectivity index (χ2n) is 4.70. The summed E-state index contributed by atoms with van der Waals surface area (Å²) in [5.74, 6) is 0. The Bertz CT molecular complexity index is 532. The highest BCUT2D eigenvalue weighted by Crippen LogP contribution is 2.28. The maximum atomic E-state index is 6.22. The molecule has 20 heavy (non-hydrogen) atoms. The van der Waals surface area contributed by atoms with Gasteiger partial charge in [0.1, 0.15) is 0 Å². The molecule has 0 aromatic carbocycles. The molecule has 1 fully saturated rings. The number of pyridine rings is 1. The Balaban J connectivity index is 0.00000147. The first-order valence-corrected chi connectivity index (χ1v) is 7.67. The lowest BCUT2D eigenvalue weighted by molar-refractivity contribution is 0.153. The molecule has 1 aliphatic heterocycles. The molecule has 1 N–H and O–H groups in total. The zero-order chi connectivity index (χ0) is 13.1. The number of rotatable bonds is 3. The van der Waals surface area contributed by atoms with E-state index in [1.54, 1.807) is 11.3 Å². The summed E-state index contributed by atoms with van der Waals surface area (Å²) in [5.41, 5.74) is 2.49. The molecule has 0 radical (unpaired) electrons. The summed E-state index contributed by atoms with van der Waals surface area (Å²) in [5, 5.41) is 5.51. The van der Waals surface area contributed by atoms with E-state index in [0.29, 0.717) is 6.04 Å². The Kier molecular flexibility index (Phi) is 5.81. The van der Waals surface area contributed by atoms with Gasteiger partial charge in [-0.3, -0.25) is 9.88 Å². The van der Waals surface area contributed by atoms with Gasteiger partial charge in [0.05, 0.1) is 4.34 Å². The largest absolute Gasteiger partial charge is 0.314 e. The highest BCUT2D eigenvalue weighted by molar-refractivity contribution is 7.14. The van der Waals surface area contributed by atoms with Gasteiger partial charge in [-0.1, -0.05) is 17.7 Å². The smallest absolute Gasteiger partial charge is 0.0973 e. The van der Waals surface area contributed by atoms with Crippen LogP contribution in [0.5, 0.6) is 0 Å². The third-order valence-corrected chi connectivity index (χ3v) is 4.74. The van der Waals surface area contributed by atoms with E-state index in [9.17, 15) is 0 Å². The van der Waals surface area contributed by atoms with E-state index in [0.717, 1.165) is 30.5 Å². The Morgan fingerprint density at radius 3 is 3.05 bits per heavy atom. The lowest BCUT2D eigenvalue weighted by Crippen LogP contribution is -2.45. The van der Waals surface area contributed by atoms with Gasteiger partial charge < -0.3 is 5.32 Å². The van der Waals surface area contributed by atoms with Crippen molar-refractivity contribution in [1.29, 1.82) is 0 Å². The normalized spacial score (nSPS) is 19.6. The molecule has 1 aliphatic rings. The molecule has 3 heterocycles. The number of hydrogen-bond donors (Lipinski definition) is 1. The van der Waals surface area contributed by atoms with Crippen molar-refractivity contribution in [3.63, 3.8) is 0 Å². The summed E-state index contributed by atoms with van der Waals surface area (Å²) in [6.45, 7) is 3.93. The molecule has 0 saturated carbocycles. The van der Waals surface area contributed by atoms with Gasteiger partial charge in [0.2, 0.25) is 0 Å². The fourth-order valence-corrected chi connectivity index (χ4v) is 3.40. The van der Waals surface area contributed by atoms with Crippen LogP contribution in [0.15, 0.2) is 36.0 Å². The van der Waals surface area contributed by atoms with E-state index in [2.05, 4.69) is 32.7 Å². The molecule has 108 valence electrons. The molecule has 3 rings (SSSR count). The molecular formula is C14H17Cl2N3S. The molecule has 0 bridgehead atoms. The van der Waals surface area contributed by atoms with Gasteiger partial charge in [-0.2, -0.15) is 0 Å². The van der Waals surface area contributed by atoms with E-state index in [4.69, 9.17) is 11.6 Å². The first kappa shape index (κ1) is 15.7. The number of hydrogen-bond acceptors (Lipinski definition) is 4. The van der Waals surface area contributed by atoms with Crippen molar-refractivity contribution in [3.8, 4) is 0 Å². The Labute approximate surface area is 134 Å². The molecule has 0 aliphatic carbocycles. The van der Waals surface area contributed by atoms with Gasteiger partial charge in [-0.15, -0.1) is 23.7 Å². The maximum Gasteiger partial charge on any atom is 0.0973 e. The highest BCUT2D eigenvalue weighted by atomic mass is 35.5. The molecular weight excluding hydrogens is 313 g/mol. The van der Waals surface area contributed by atoms with Crippen molar-refractivity contribution in [2.24, 2.45) is 0 Å². The fourth-order valence-electron chi connectivity index (χ4n) is 2.49. The van der Waals surface area contributed by atoms with Crippen LogP contribution < -0.4 is 5.32 Å². The fraction of sp³-hybridized carbons (Fsp3) is 0.357. The monoisotopic (exact) mass is 329 g/mol. The van der Waals surface area contributed by atoms with E-state index in [1.165, 1.54) is 11.1 Å². The van der Waals surface area contributed by atoms with Crippen LogP contribution in [0, 0.1) is 0 Å². The summed E-state index contributed by atoms with van der Waals surface area (Å²) in [4.78, 5) is 6.70. The molecule has 1 unspecified atom stereocenters. The molecule has 3 nitrogen and oxygen atoms in total. The van der Waals surface area contributed by atoms with E-state index >= 15 is 0 Å². The zero-order valence-electron chi connectivity index (χ0n) is 11.0. The van der Waals surface area contributed by atoms with Crippen molar-refractivity contribution in [2.45, 2.75) is 12.6 Å². The van der Waals surface area contributed by atoms with Crippen LogP contribution in [-0.4, -0.2) is 29.5 Å². The molecule has 2 aromatic rings. The average molecular weight is 330 g/mol. The average Bonchev–Trinajstić information content (AvgIpc) is 2.86. The number of aromatic nitrogens is 1. The highest BCUT2D eigenvalue weighted by Gasteiger charge is 2.24. The Hall–Kier alpha value is -0.650. The number of piperazine rings is 1. The van der Waals surface area contributed by atoms with Crippen LogP contribution in [0.2, 0.25) is 4.34 Å². The summed E-state index contributed by atoms with van der Waals surface area (Å²) >= 11 is 7.82. The van der Waals surface area contributed by atoms with Crippen molar-refractivity contribution in [3.05, 3.63) is 51.4 Å². The van der Waals surface area contributed by atoms with E-state index < -0.39 is 0 Å². The standard InChI is InChI=1S/C14H16ClN3S.ClH/c15-14-12(3-7-19-14)10-18-6-5-17-9-13(18)11-2-1-4-16-8-11;/h1-4,7-8,13,17H,5-6,9-10H2;1H. The van der Waals surface area contributed by atoms with Crippen LogP contribution in [0.25, 0.3) is 0 Å². The minimum atomic E-state index is 0. The van der Waals surface area contributed by atoms with Gasteiger partial charge >= 0.3 is 0 Å². The van der Waals surface area contributed by atoms with Crippen LogP contribution >= 0.6 is 35.3 Å². The third kappa shape index (κ3) is 3.51. The minimum absolute atomic E-state index is 0. The minimum Gasteiger partial charge on any atom is -0.314 e. The van der Waals surface area contributed by atoms with Crippen molar-refractivity contribution >= 4 is 35.3 Å².